The summed E-state index contributed by atoms with van der Waals surface area (Å²) in [7, 11) is 0. The summed E-state index contributed by atoms with van der Waals surface area (Å²) in [6, 6.07) is 0. The van der Waals surface area contributed by atoms with Crippen LogP contribution in [0.25, 0.3) is 0 Å². The smallest absolute Gasteiger partial charge is 0.0657 e. The Morgan fingerprint density at radius 2 is 2.30 bits per heavy atom. The zero-order valence-electron chi connectivity index (χ0n) is 6.85. The van der Waals surface area contributed by atoms with Gasteiger partial charge in [-0.1, -0.05) is 6.92 Å². The van der Waals surface area contributed by atoms with Crippen LogP contribution in [0, 0.1) is 5.92 Å². The van der Waals surface area contributed by atoms with Gasteiger partial charge in [0.1, 0.15) is 0 Å². The van der Waals surface area contributed by atoms with E-state index < -0.39 is 5.60 Å². The molecular formula is C8H17NO. The Morgan fingerprint density at radius 1 is 1.60 bits per heavy atom. The largest absolute Gasteiger partial charge is 0.390 e. The van der Waals surface area contributed by atoms with Gasteiger partial charge in [0.05, 0.1) is 5.60 Å². The molecule has 1 heterocycles. The van der Waals surface area contributed by atoms with Crippen molar-refractivity contribution in [2.24, 2.45) is 5.92 Å². The molecule has 0 unspecified atom stereocenters. The van der Waals surface area contributed by atoms with Crippen LogP contribution in [0.2, 0.25) is 0 Å². The number of hydrogen-bond acceptors (Lipinski definition) is 2. The fourth-order valence-electron chi connectivity index (χ4n) is 1.36. The van der Waals surface area contributed by atoms with E-state index in [0.29, 0.717) is 5.92 Å². The first-order valence-corrected chi connectivity index (χ1v) is 4.06. The van der Waals surface area contributed by atoms with Gasteiger partial charge in [0, 0.05) is 6.54 Å². The highest BCUT2D eigenvalue weighted by Gasteiger charge is 2.28. The minimum Gasteiger partial charge on any atom is -0.390 e. The van der Waals surface area contributed by atoms with Crippen LogP contribution in [0.5, 0.6) is 0 Å². The van der Waals surface area contributed by atoms with Crippen molar-refractivity contribution in [3.8, 4) is 0 Å². The highest BCUT2D eigenvalue weighted by atomic mass is 16.3. The zero-order valence-corrected chi connectivity index (χ0v) is 6.85. The van der Waals surface area contributed by atoms with E-state index in [9.17, 15) is 5.11 Å². The Labute approximate surface area is 62.6 Å². The molecule has 0 radical (unpaired) electrons. The standard InChI is InChI=1S/C8H17NO/c1-7-6-9-5-3-4-8(7,2)10/h7,9-10H,3-6H2,1-2H3/t7-,8-/m0/s1. The van der Waals surface area contributed by atoms with E-state index in [-0.39, 0.29) is 0 Å². The molecule has 0 aliphatic carbocycles. The summed E-state index contributed by atoms with van der Waals surface area (Å²) in [5, 5.41) is 13.1. The van der Waals surface area contributed by atoms with Crippen LogP contribution < -0.4 is 5.32 Å². The number of rotatable bonds is 0. The lowest BCUT2D eigenvalue weighted by atomic mass is 9.88. The Bertz CT molecular complexity index is 112. The molecule has 2 atom stereocenters. The molecule has 2 N–H and O–H groups in total. The Morgan fingerprint density at radius 3 is 3.00 bits per heavy atom. The molecule has 0 aromatic carbocycles. The third kappa shape index (κ3) is 1.70. The monoisotopic (exact) mass is 143 g/mol. The Hall–Kier alpha value is -0.0800. The van der Waals surface area contributed by atoms with Crippen LogP contribution in [-0.4, -0.2) is 23.8 Å². The summed E-state index contributed by atoms with van der Waals surface area (Å²) >= 11 is 0. The molecule has 0 spiro atoms. The van der Waals surface area contributed by atoms with Crippen LogP contribution in [0.15, 0.2) is 0 Å². The first-order valence-electron chi connectivity index (χ1n) is 4.06. The second kappa shape index (κ2) is 2.89. The maximum absolute atomic E-state index is 9.78. The molecule has 60 valence electrons. The molecule has 0 aromatic rings. The average Bonchev–Trinajstić information content (AvgIpc) is 1.96. The van der Waals surface area contributed by atoms with Crippen molar-refractivity contribution in [1.29, 1.82) is 0 Å². The summed E-state index contributed by atoms with van der Waals surface area (Å²) in [6.45, 7) is 6.04. The molecule has 1 aliphatic rings. The molecule has 0 bridgehead atoms. The van der Waals surface area contributed by atoms with Crippen molar-refractivity contribution in [3.05, 3.63) is 0 Å². The van der Waals surface area contributed by atoms with Gasteiger partial charge in [-0.05, 0) is 32.2 Å². The number of hydrogen-bond donors (Lipinski definition) is 2. The van der Waals surface area contributed by atoms with Crippen molar-refractivity contribution in [2.45, 2.75) is 32.3 Å². The van der Waals surface area contributed by atoms with E-state index in [1.54, 1.807) is 0 Å². The van der Waals surface area contributed by atoms with E-state index in [4.69, 9.17) is 0 Å². The molecule has 2 nitrogen and oxygen atoms in total. The van der Waals surface area contributed by atoms with E-state index in [2.05, 4.69) is 12.2 Å². The van der Waals surface area contributed by atoms with Gasteiger partial charge in [-0.2, -0.15) is 0 Å². The highest BCUT2D eigenvalue weighted by molar-refractivity contribution is 4.83. The molecule has 1 fully saturated rings. The van der Waals surface area contributed by atoms with Crippen LogP contribution >= 0.6 is 0 Å². The van der Waals surface area contributed by atoms with E-state index in [1.165, 1.54) is 0 Å². The predicted molar refractivity (Wildman–Crippen MR) is 41.9 cm³/mol. The predicted octanol–water partition coefficient (Wildman–Crippen LogP) is 0.757. The molecule has 1 saturated heterocycles. The topological polar surface area (TPSA) is 32.3 Å². The molecule has 1 rings (SSSR count). The van der Waals surface area contributed by atoms with Crippen LogP contribution in [0.1, 0.15) is 26.7 Å². The van der Waals surface area contributed by atoms with Crippen LogP contribution in [-0.2, 0) is 0 Å². The van der Waals surface area contributed by atoms with Gasteiger partial charge < -0.3 is 10.4 Å². The summed E-state index contributed by atoms with van der Waals surface area (Å²) in [5.74, 6) is 0.384. The maximum Gasteiger partial charge on any atom is 0.0657 e. The van der Waals surface area contributed by atoms with Crippen molar-refractivity contribution >= 4 is 0 Å². The number of aliphatic hydroxyl groups is 1. The molecule has 1 aliphatic heterocycles. The molecule has 2 heteroatoms. The molecule has 0 aromatic heterocycles. The minimum absolute atomic E-state index is 0.384. The fourth-order valence-corrected chi connectivity index (χ4v) is 1.36. The lowest BCUT2D eigenvalue weighted by Gasteiger charge is -2.27. The van der Waals surface area contributed by atoms with E-state index in [1.807, 2.05) is 6.92 Å². The first kappa shape index (κ1) is 8.02. The fraction of sp³-hybridized carbons (Fsp3) is 1.00. The van der Waals surface area contributed by atoms with Crippen molar-refractivity contribution in [1.82, 2.24) is 5.32 Å². The van der Waals surface area contributed by atoms with Gasteiger partial charge in [-0.3, -0.25) is 0 Å². The molecule has 0 saturated carbocycles. The van der Waals surface area contributed by atoms with Crippen LogP contribution in [0.4, 0.5) is 0 Å². The van der Waals surface area contributed by atoms with Gasteiger partial charge in [0.25, 0.3) is 0 Å². The SMILES string of the molecule is C[C@H]1CNCCC[C@]1(C)O. The van der Waals surface area contributed by atoms with Gasteiger partial charge in [-0.15, -0.1) is 0 Å². The second-order valence-electron chi connectivity index (χ2n) is 3.57. The third-order valence-electron chi connectivity index (χ3n) is 2.55. The summed E-state index contributed by atoms with van der Waals surface area (Å²) in [6.07, 6.45) is 2.03. The Kier molecular flexibility index (Phi) is 2.32. The second-order valence-corrected chi connectivity index (χ2v) is 3.57. The van der Waals surface area contributed by atoms with Gasteiger partial charge in [0.15, 0.2) is 0 Å². The lowest BCUT2D eigenvalue weighted by molar-refractivity contribution is 0.00520. The quantitative estimate of drug-likeness (QED) is 0.524. The van der Waals surface area contributed by atoms with Gasteiger partial charge in [0.2, 0.25) is 0 Å². The van der Waals surface area contributed by atoms with Gasteiger partial charge >= 0.3 is 0 Å². The first-order chi connectivity index (χ1) is 4.63. The van der Waals surface area contributed by atoms with Crippen molar-refractivity contribution < 1.29 is 5.11 Å². The molecular weight excluding hydrogens is 126 g/mol. The average molecular weight is 143 g/mol. The van der Waals surface area contributed by atoms with E-state index in [0.717, 1.165) is 25.9 Å². The van der Waals surface area contributed by atoms with Crippen LogP contribution in [0.3, 0.4) is 0 Å². The highest BCUT2D eigenvalue weighted by Crippen LogP contribution is 2.23. The Balaban J connectivity index is 2.52. The normalized spacial score (nSPS) is 42.9. The van der Waals surface area contributed by atoms with Crippen molar-refractivity contribution in [3.63, 3.8) is 0 Å². The summed E-state index contributed by atoms with van der Waals surface area (Å²) in [5.41, 5.74) is -0.441. The molecule has 10 heavy (non-hydrogen) atoms. The molecule has 0 amide bonds. The van der Waals surface area contributed by atoms with Gasteiger partial charge in [-0.25, -0.2) is 0 Å². The zero-order chi connectivity index (χ0) is 7.61. The summed E-state index contributed by atoms with van der Waals surface area (Å²) < 4.78 is 0. The third-order valence-corrected chi connectivity index (χ3v) is 2.55. The summed E-state index contributed by atoms with van der Waals surface area (Å²) in [4.78, 5) is 0. The van der Waals surface area contributed by atoms with Crippen molar-refractivity contribution in [2.75, 3.05) is 13.1 Å². The minimum atomic E-state index is -0.441. The maximum atomic E-state index is 9.78. The van der Waals surface area contributed by atoms with E-state index >= 15 is 0 Å². The lowest BCUT2D eigenvalue weighted by Crippen LogP contribution is -2.35. The number of nitrogens with one attached hydrogen (secondary N) is 1.